The van der Waals surface area contributed by atoms with E-state index in [-0.39, 0.29) is 11.7 Å². The SMILES string of the molecule is CC1=C[C@@H](N)N=N[C@H]1Cl. The van der Waals surface area contributed by atoms with E-state index in [0.717, 1.165) is 5.57 Å². The highest BCUT2D eigenvalue weighted by Crippen LogP contribution is 2.16. The summed E-state index contributed by atoms with van der Waals surface area (Å²) in [5.74, 6) is 0. The summed E-state index contributed by atoms with van der Waals surface area (Å²) in [5.41, 5.74) is 6.06. The Labute approximate surface area is 58.6 Å². The van der Waals surface area contributed by atoms with Crippen molar-refractivity contribution in [2.45, 2.75) is 18.6 Å². The van der Waals surface area contributed by atoms with Crippen LogP contribution < -0.4 is 5.73 Å². The van der Waals surface area contributed by atoms with Crippen LogP contribution in [-0.2, 0) is 0 Å². The van der Waals surface area contributed by atoms with Crippen LogP contribution in [0.25, 0.3) is 0 Å². The molecule has 0 unspecified atom stereocenters. The quantitative estimate of drug-likeness (QED) is 0.311. The molecule has 1 rings (SSSR count). The molecular formula is C5H8ClN3. The highest BCUT2D eigenvalue weighted by atomic mass is 35.5. The normalized spacial score (nSPS) is 34.3. The van der Waals surface area contributed by atoms with Gasteiger partial charge in [0.25, 0.3) is 0 Å². The summed E-state index contributed by atoms with van der Waals surface area (Å²) < 4.78 is 0. The summed E-state index contributed by atoms with van der Waals surface area (Å²) in [4.78, 5) is 0. The fourth-order valence-corrected chi connectivity index (χ4v) is 0.732. The number of rotatable bonds is 0. The third-order valence-corrected chi connectivity index (χ3v) is 1.54. The maximum atomic E-state index is 5.65. The second-order valence-corrected chi connectivity index (χ2v) is 2.38. The van der Waals surface area contributed by atoms with Crippen molar-refractivity contribution in [1.29, 1.82) is 0 Å². The zero-order valence-electron chi connectivity index (χ0n) is 5.08. The topological polar surface area (TPSA) is 50.7 Å². The van der Waals surface area contributed by atoms with Crippen LogP contribution in [-0.4, -0.2) is 11.7 Å². The van der Waals surface area contributed by atoms with Crippen LogP contribution in [0.1, 0.15) is 6.92 Å². The minimum atomic E-state index is -0.301. The maximum Gasteiger partial charge on any atom is 0.165 e. The van der Waals surface area contributed by atoms with Crippen molar-refractivity contribution < 1.29 is 0 Å². The van der Waals surface area contributed by atoms with Crippen molar-refractivity contribution in [3.8, 4) is 0 Å². The van der Waals surface area contributed by atoms with Crippen LogP contribution in [0.15, 0.2) is 21.9 Å². The summed E-state index contributed by atoms with van der Waals surface area (Å²) in [7, 11) is 0. The Balaban J connectivity index is 2.70. The molecule has 0 aromatic rings. The van der Waals surface area contributed by atoms with Gasteiger partial charge in [0.15, 0.2) is 5.50 Å². The number of azo groups is 1. The lowest BCUT2D eigenvalue weighted by molar-refractivity contribution is 0.718. The second-order valence-electron chi connectivity index (χ2n) is 1.97. The first-order valence-electron chi connectivity index (χ1n) is 2.68. The van der Waals surface area contributed by atoms with Gasteiger partial charge in [-0.3, -0.25) is 0 Å². The van der Waals surface area contributed by atoms with Crippen molar-refractivity contribution in [3.05, 3.63) is 11.6 Å². The first-order valence-corrected chi connectivity index (χ1v) is 3.12. The molecule has 2 N–H and O–H groups in total. The standard InChI is InChI=1S/C5H8ClN3/c1-3-2-4(7)8-9-5(3)6/h2,4-5H,7H2,1H3/t4-,5+/m0/s1. The summed E-state index contributed by atoms with van der Waals surface area (Å²) in [6.45, 7) is 1.88. The van der Waals surface area contributed by atoms with Gasteiger partial charge in [-0.05, 0) is 18.6 Å². The molecule has 1 aliphatic heterocycles. The highest BCUT2D eigenvalue weighted by molar-refractivity contribution is 6.22. The van der Waals surface area contributed by atoms with Gasteiger partial charge in [-0.25, -0.2) is 0 Å². The van der Waals surface area contributed by atoms with E-state index in [1.165, 1.54) is 0 Å². The molecule has 0 aromatic carbocycles. The van der Waals surface area contributed by atoms with Gasteiger partial charge >= 0.3 is 0 Å². The Hall–Kier alpha value is -0.410. The minimum Gasteiger partial charge on any atom is -0.305 e. The molecule has 50 valence electrons. The Morgan fingerprint density at radius 1 is 1.67 bits per heavy atom. The Morgan fingerprint density at radius 2 is 2.33 bits per heavy atom. The van der Waals surface area contributed by atoms with E-state index in [1.807, 2.05) is 6.92 Å². The van der Waals surface area contributed by atoms with E-state index in [1.54, 1.807) is 6.08 Å². The van der Waals surface area contributed by atoms with Crippen molar-refractivity contribution in [2.24, 2.45) is 16.0 Å². The van der Waals surface area contributed by atoms with E-state index in [9.17, 15) is 0 Å². The van der Waals surface area contributed by atoms with Crippen LogP contribution >= 0.6 is 11.6 Å². The maximum absolute atomic E-state index is 5.65. The summed E-state index contributed by atoms with van der Waals surface area (Å²) >= 11 is 5.65. The lowest BCUT2D eigenvalue weighted by Gasteiger charge is -2.10. The van der Waals surface area contributed by atoms with E-state index >= 15 is 0 Å². The molecule has 1 aliphatic rings. The molecule has 0 aliphatic carbocycles. The Morgan fingerprint density at radius 3 is 2.78 bits per heavy atom. The molecule has 0 amide bonds. The molecule has 1 heterocycles. The smallest absolute Gasteiger partial charge is 0.165 e. The van der Waals surface area contributed by atoms with Crippen LogP contribution in [0, 0.1) is 0 Å². The van der Waals surface area contributed by atoms with Gasteiger partial charge in [0.2, 0.25) is 0 Å². The number of nitrogens with zero attached hydrogens (tertiary/aromatic N) is 2. The van der Waals surface area contributed by atoms with Crippen LogP contribution in [0.4, 0.5) is 0 Å². The lowest BCUT2D eigenvalue weighted by atomic mass is 10.2. The summed E-state index contributed by atoms with van der Waals surface area (Å²) in [6.07, 6.45) is 1.50. The predicted octanol–water partition coefficient (Wildman–Crippen LogP) is 1.25. The van der Waals surface area contributed by atoms with Crippen molar-refractivity contribution in [2.75, 3.05) is 0 Å². The minimum absolute atomic E-state index is 0.292. The molecule has 9 heavy (non-hydrogen) atoms. The summed E-state index contributed by atoms with van der Waals surface area (Å²) in [6, 6.07) is 0. The van der Waals surface area contributed by atoms with Crippen LogP contribution in [0.2, 0.25) is 0 Å². The van der Waals surface area contributed by atoms with E-state index < -0.39 is 0 Å². The fraction of sp³-hybridized carbons (Fsp3) is 0.600. The molecule has 4 heteroatoms. The second kappa shape index (κ2) is 2.45. The predicted molar refractivity (Wildman–Crippen MR) is 36.2 cm³/mol. The number of halogens is 1. The number of nitrogens with two attached hydrogens (primary N) is 1. The molecule has 0 aromatic heterocycles. The first kappa shape index (κ1) is 6.71. The van der Waals surface area contributed by atoms with Gasteiger partial charge in [0, 0.05) is 0 Å². The van der Waals surface area contributed by atoms with E-state index in [2.05, 4.69) is 10.2 Å². The average molecular weight is 146 g/mol. The van der Waals surface area contributed by atoms with Gasteiger partial charge in [0.1, 0.15) is 6.17 Å². The molecule has 0 saturated carbocycles. The third kappa shape index (κ3) is 1.50. The number of hydrogen-bond donors (Lipinski definition) is 1. The third-order valence-electron chi connectivity index (χ3n) is 1.11. The Bertz CT molecular complexity index is 164. The van der Waals surface area contributed by atoms with Gasteiger partial charge in [0.05, 0.1) is 0 Å². The first-order chi connectivity index (χ1) is 4.20. The van der Waals surface area contributed by atoms with Gasteiger partial charge in [-0.1, -0.05) is 11.6 Å². The fourth-order valence-electron chi connectivity index (χ4n) is 0.609. The van der Waals surface area contributed by atoms with Crippen molar-refractivity contribution in [3.63, 3.8) is 0 Å². The molecule has 0 fully saturated rings. The molecule has 3 nitrogen and oxygen atoms in total. The van der Waals surface area contributed by atoms with E-state index in [4.69, 9.17) is 17.3 Å². The molecule has 2 atom stereocenters. The lowest BCUT2D eigenvalue weighted by Crippen LogP contribution is -2.18. The molecule has 0 saturated heterocycles. The van der Waals surface area contributed by atoms with Gasteiger partial charge in [-0.15, -0.1) is 0 Å². The molecule has 0 bridgehead atoms. The van der Waals surface area contributed by atoms with Crippen molar-refractivity contribution in [1.82, 2.24) is 0 Å². The molecular weight excluding hydrogens is 138 g/mol. The van der Waals surface area contributed by atoms with Gasteiger partial charge < -0.3 is 5.73 Å². The highest BCUT2D eigenvalue weighted by Gasteiger charge is 2.10. The van der Waals surface area contributed by atoms with Gasteiger partial charge in [-0.2, -0.15) is 10.2 Å². The van der Waals surface area contributed by atoms with Crippen LogP contribution in [0.5, 0.6) is 0 Å². The number of hydrogen-bond acceptors (Lipinski definition) is 3. The van der Waals surface area contributed by atoms with E-state index in [0.29, 0.717) is 0 Å². The zero-order valence-corrected chi connectivity index (χ0v) is 5.84. The molecule has 0 spiro atoms. The Kier molecular flexibility index (Phi) is 1.83. The summed E-state index contributed by atoms with van der Waals surface area (Å²) in [5, 5.41) is 7.34. The largest absolute Gasteiger partial charge is 0.305 e. The van der Waals surface area contributed by atoms with Crippen LogP contribution in [0.3, 0.4) is 0 Å². The molecule has 0 radical (unpaired) electrons. The monoisotopic (exact) mass is 145 g/mol. The van der Waals surface area contributed by atoms with Crippen molar-refractivity contribution >= 4 is 11.6 Å². The zero-order chi connectivity index (χ0) is 6.85. The number of alkyl halides is 1. The average Bonchev–Trinajstić information content (AvgIpc) is 1.80.